The van der Waals surface area contributed by atoms with Crippen LogP contribution in [0.25, 0.3) is 0 Å². The zero-order valence-corrected chi connectivity index (χ0v) is 35.4. The second-order valence-electron chi connectivity index (χ2n) is 16.6. The van der Waals surface area contributed by atoms with E-state index in [4.69, 9.17) is 14.2 Å². The van der Waals surface area contributed by atoms with E-state index in [9.17, 15) is 14.4 Å². The van der Waals surface area contributed by atoms with Crippen molar-refractivity contribution in [1.29, 1.82) is 0 Å². The van der Waals surface area contributed by atoms with Crippen LogP contribution in [0.15, 0.2) is 0 Å². The van der Waals surface area contributed by atoms with Crippen LogP contribution in [0.2, 0.25) is 0 Å². The minimum Gasteiger partial charge on any atom is -0.462 e. The first-order valence-electron chi connectivity index (χ1n) is 22.7. The van der Waals surface area contributed by atoms with Crippen molar-refractivity contribution in [3.63, 3.8) is 0 Å². The molecule has 0 unspecified atom stereocenters. The summed E-state index contributed by atoms with van der Waals surface area (Å²) in [6.45, 7) is 11.2. The standard InChI is InChI=1S/C46H88O6/c1-6-7-8-9-10-11-12-13-14-15-16-21-26-31-36-44(47)50-39-43(52-46(49)38-33-28-23-18-20-25-30-35-42(4)5)40-51-45(48)37-32-27-22-17-19-24-29-34-41(2)3/h41-43H,6-40H2,1-5H3/t43-/m0/s1. The number of hydrogen-bond acceptors (Lipinski definition) is 6. The van der Waals surface area contributed by atoms with E-state index in [0.717, 1.165) is 69.6 Å². The third-order valence-electron chi connectivity index (χ3n) is 10.2. The number of ether oxygens (including phenoxy) is 3. The molecule has 0 amide bonds. The topological polar surface area (TPSA) is 78.9 Å². The predicted molar refractivity (Wildman–Crippen MR) is 220 cm³/mol. The molecule has 0 radical (unpaired) electrons. The van der Waals surface area contributed by atoms with Crippen LogP contribution in [-0.2, 0) is 28.6 Å². The monoisotopic (exact) mass is 737 g/mol. The second kappa shape index (κ2) is 39.1. The Morgan fingerprint density at radius 2 is 0.635 bits per heavy atom. The van der Waals surface area contributed by atoms with Crippen LogP contribution >= 0.6 is 0 Å². The molecule has 0 rings (SSSR count). The molecule has 0 aromatic carbocycles. The molecular weight excluding hydrogens is 648 g/mol. The van der Waals surface area contributed by atoms with Gasteiger partial charge in [-0.1, -0.05) is 208 Å². The summed E-state index contributed by atoms with van der Waals surface area (Å²) in [7, 11) is 0. The first-order chi connectivity index (χ1) is 25.2. The summed E-state index contributed by atoms with van der Waals surface area (Å²) in [5, 5.41) is 0. The summed E-state index contributed by atoms with van der Waals surface area (Å²) in [4.78, 5) is 37.6. The van der Waals surface area contributed by atoms with Crippen molar-refractivity contribution in [2.75, 3.05) is 13.2 Å². The van der Waals surface area contributed by atoms with Crippen LogP contribution in [0.1, 0.15) is 247 Å². The molecule has 0 aromatic heterocycles. The van der Waals surface area contributed by atoms with Crippen LogP contribution in [-0.4, -0.2) is 37.2 Å². The van der Waals surface area contributed by atoms with E-state index in [1.807, 2.05) is 0 Å². The Kier molecular flexibility index (Phi) is 37.9. The van der Waals surface area contributed by atoms with Crippen LogP contribution in [0, 0.1) is 11.8 Å². The van der Waals surface area contributed by atoms with Gasteiger partial charge in [-0.2, -0.15) is 0 Å². The molecule has 308 valence electrons. The Balaban J connectivity index is 4.31. The lowest BCUT2D eigenvalue weighted by atomic mass is 10.0. The van der Waals surface area contributed by atoms with Crippen molar-refractivity contribution in [2.45, 2.75) is 253 Å². The number of carbonyl (C=O) groups is 3. The maximum Gasteiger partial charge on any atom is 0.306 e. The number of rotatable bonds is 40. The third-order valence-corrected chi connectivity index (χ3v) is 10.2. The van der Waals surface area contributed by atoms with Gasteiger partial charge in [0.2, 0.25) is 0 Å². The molecule has 6 nitrogen and oxygen atoms in total. The van der Waals surface area contributed by atoms with E-state index in [1.165, 1.54) is 135 Å². The largest absolute Gasteiger partial charge is 0.462 e. The molecule has 0 heterocycles. The molecule has 1 atom stereocenters. The summed E-state index contributed by atoms with van der Waals surface area (Å²) in [5.74, 6) is 0.696. The van der Waals surface area contributed by atoms with Crippen molar-refractivity contribution in [3.8, 4) is 0 Å². The predicted octanol–water partition coefficient (Wildman–Crippen LogP) is 14.2. The molecule has 0 aromatic rings. The van der Waals surface area contributed by atoms with Crippen LogP contribution < -0.4 is 0 Å². The number of unbranched alkanes of at least 4 members (excludes halogenated alkanes) is 25. The fourth-order valence-corrected chi connectivity index (χ4v) is 6.75. The highest BCUT2D eigenvalue weighted by atomic mass is 16.6. The Hall–Kier alpha value is -1.59. The van der Waals surface area contributed by atoms with Gasteiger partial charge in [-0.3, -0.25) is 14.4 Å². The number of carbonyl (C=O) groups excluding carboxylic acids is 3. The molecule has 0 aliphatic rings. The summed E-state index contributed by atoms with van der Waals surface area (Å²) < 4.78 is 16.7. The fourth-order valence-electron chi connectivity index (χ4n) is 6.75. The van der Waals surface area contributed by atoms with E-state index in [1.54, 1.807) is 0 Å². The molecule has 0 aliphatic heterocycles. The van der Waals surface area contributed by atoms with Gasteiger partial charge in [0.1, 0.15) is 13.2 Å². The second-order valence-corrected chi connectivity index (χ2v) is 16.6. The highest BCUT2D eigenvalue weighted by Crippen LogP contribution is 2.16. The molecule has 0 saturated heterocycles. The van der Waals surface area contributed by atoms with Crippen molar-refractivity contribution >= 4 is 17.9 Å². The first-order valence-corrected chi connectivity index (χ1v) is 22.7. The maximum atomic E-state index is 12.7. The van der Waals surface area contributed by atoms with Gasteiger partial charge in [-0.25, -0.2) is 0 Å². The summed E-state index contributed by atoms with van der Waals surface area (Å²) in [5.41, 5.74) is 0. The minimum atomic E-state index is -0.761. The van der Waals surface area contributed by atoms with Gasteiger partial charge in [0.25, 0.3) is 0 Å². The average molecular weight is 737 g/mol. The quantitative estimate of drug-likeness (QED) is 0.0354. The van der Waals surface area contributed by atoms with Crippen molar-refractivity contribution in [1.82, 2.24) is 0 Å². The SMILES string of the molecule is CCCCCCCCCCCCCCCCC(=O)OC[C@@H](COC(=O)CCCCCCCCCC(C)C)OC(=O)CCCCCCCCCC(C)C. The van der Waals surface area contributed by atoms with E-state index < -0.39 is 6.10 Å². The normalized spacial score (nSPS) is 12.1. The lowest BCUT2D eigenvalue weighted by Crippen LogP contribution is -2.30. The van der Waals surface area contributed by atoms with Crippen molar-refractivity contribution in [3.05, 3.63) is 0 Å². The Bertz CT molecular complexity index is 794. The van der Waals surface area contributed by atoms with E-state index in [2.05, 4.69) is 34.6 Å². The fraction of sp³-hybridized carbons (Fsp3) is 0.935. The molecule has 0 N–H and O–H groups in total. The molecule has 6 heteroatoms. The van der Waals surface area contributed by atoms with Gasteiger partial charge < -0.3 is 14.2 Å². The van der Waals surface area contributed by atoms with E-state index >= 15 is 0 Å². The lowest BCUT2D eigenvalue weighted by molar-refractivity contribution is -0.167. The minimum absolute atomic E-state index is 0.0658. The van der Waals surface area contributed by atoms with Gasteiger partial charge in [0.15, 0.2) is 6.10 Å². The summed E-state index contributed by atoms with van der Waals surface area (Å²) in [6.07, 6.45) is 36.7. The highest BCUT2D eigenvalue weighted by molar-refractivity contribution is 5.71. The number of esters is 3. The highest BCUT2D eigenvalue weighted by Gasteiger charge is 2.19. The van der Waals surface area contributed by atoms with Crippen molar-refractivity contribution < 1.29 is 28.6 Å². The van der Waals surface area contributed by atoms with Gasteiger partial charge >= 0.3 is 17.9 Å². The van der Waals surface area contributed by atoms with E-state index in [0.29, 0.717) is 19.3 Å². The van der Waals surface area contributed by atoms with Crippen LogP contribution in [0.5, 0.6) is 0 Å². The Labute approximate surface area is 323 Å². The van der Waals surface area contributed by atoms with Gasteiger partial charge in [-0.05, 0) is 31.1 Å². The average Bonchev–Trinajstić information content (AvgIpc) is 3.11. The Morgan fingerprint density at radius 3 is 0.942 bits per heavy atom. The number of hydrogen-bond donors (Lipinski definition) is 0. The molecule has 52 heavy (non-hydrogen) atoms. The molecular formula is C46H88O6. The van der Waals surface area contributed by atoms with E-state index in [-0.39, 0.29) is 31.1 Å². The molecule has 0 saturated carbocycles. The smallest absolute Gasteiger partial charge is 0.306 e. The molecule has 0 aliphatic carbocycles. The van der Waals surface area contributed by atoms with Gasteiger partial charge in [0.05, 0.1) is 0 Å². The van der Waals surface area contributed by atoms with Crippen LogP contribution in [0.3, 0.4) is 0 Å². The van der Waals surface area contributed by atoms with Crippen LogP contribution in [0.4, 0.5) is 0 Å². The summed E-state index contributed by atoms with van der Waals surface area (Å²) >= 11 is 0. The van der Waals surface area contributed by atoms with Crippen molar-refractivity contribution in [2.24, 2.45) is 11.8 Å². The Morgan fingerprint density at radius 1 is 0.365 bits per heavy atom. The zero-order chi connectivity index (χ0) is 38.3. The molecule has 0 spiro atoms. The lowest BCUT2D eigenvalue weighted by Gasteiger charge is -2.18. The first kappa shape index (κ1) is 50.4. The molecule has 0 bridgehead atoms. The zero-order valence-electron chi connectivity index (χ0n) is 35.4. The molecule has 0 fully saturated rings. The third kappa shape index (κ3) is 39.6. The van der Waals surface area contributed by atoms with Gasteiger partial charge in [0, 0.05) is 19.3 Å². The summed E-state index contributed by atoms with van der Waals surface area (Å²) in [6, 6.07) is 0. The maximum absolute atomic E-state index is 12.7. The van der Waals surface area contributed by atoms with Gasteiger partial charge in [-0.15, -0.1) is 0 Å².